The number of piperidine rings is 1. The fraction of sp³-hybridized carbons (Fsp3) is 0.889. The highest BCUT2D eigenvalue weighted by atomic mass is 19.3. The minimum Gasteiger partial charge on any atom is -0.343 e. The van der Waals surface area contributed by atoms with Gasteiger partial charge in [-0.15, -0.1) is 0 Å². The number of alkyl halides is 2. The average molecular weight is 232 g/mol. The Morgan fingerprint density at radius 1 is 1.56 bits per heavy atom. The third-order valence-electron chi connectivity index (χ3n) is 2.83. The molecule has 16 heavy (non-hydrogen) atoms. The van der Waals surface area contributed by atoms with Crippen LogP contribution in [0.5, 0.6) is 0 Å². The van der Waals surface area contributed by atoms with Gasteiger partial charge in [-0.25, -0.2) is 8.78 Å². The number of hydrogen-bond acceptors (Lipinski definition) is 2. The van der Waals surface area contributed by atoms with Crippen LogP contribution in [0.1, 0.15) is 19.8 Å². The fourth-order valence-electron chi connectivity index (χ4n) is 1.83. The Kier molecular flexibility index (Phi) is 4.06. The molecule has 1 fully saturated rings. The number of likely N-dealkylation sites (tertiary alicyclic amines) is 1. The minimum atomic E-state index is -2.68. The van der Waals surface area contributed by atoms with Gasteiger partial charge in [-0.05, 0) is 25.3 Å². The number of nitrogens with zero attached hydrogens (tertiary/aromatic N) is 4. The summed E-state index contributed by atoms with van der Waals surface area (Å²) in [4.78, 5) is 15.3. The van der Waals surface area contributed by atoms with E-state index in [4.69, 9.17) is 5.53 Å². The zero-order valence-electron chi connectivity index (χ0n) is 9.07. The van der Waals surface area contributed by atoms with Gasteiger partial charge in [0.2, 0.25) is 11.8 Å². The Balaban J connectivity index is 2.43. The molecule has 0 aromatic carbocycles. The predicted octanol–water partition coefficient (Wildman–Crippen LogP) is 2.19. The summed E-state index contributed by atoms with van der Waals surface area (Å²) < 4.78 is 25.9. The molecule has 0 radical (unpaired) electrons. The summed E-state index contributed by atoms with van der Waals surface area (Å²) in [7, 11) is 0. The maximum atomic E-state index is 13.0. The quantitative estimate of drug-likeness (QED) is 0.417. The molecule has 1 saturated heterocycles. The van der Waals surface area contributed by atoms with E-state index in [1.54, 1.807) is 0 Å². The van der Waals surface area contributed by atoms with Crippen LogP contribution >= 0.6 is 0 Å². The summed E-state index contributed by atoms with van der Waals surface area (Å²) in [6.07, 6.45) is 0.594. The van der Waals surface area contributed by atoms with Gasteiger partial charge in [0.05, 0.1) is 0 Å². The molecule has 0 saturated carbocycles. The van der Waals surface area contributed by atoms with Crippen molar-refractivity contribution in [2.75, 3.05) is 19.6 Å². The number of hydrogen-bond donors (Lipinski definition) is 0. The highest BCUT2D eigenvalue weighted by molar-refractivity contribution is 5.78. The van der Waals surface area contributed by atoms with E-state index < -0.39 is 11.8 Å². The lowest BCUT2D eigenvalue weighted by Gasteiger charge is -2.34. The molecule has 0 bridgehead atoms. The molecule has 1 rings (SSSR count). The van der Waals surface area contributed by atoms with Crippen molar-refractivity contribution in [2.24, 2.45) is 11.0 Å². The van der Waals surface area contributed by atoms with E-state index in [9.17, 15) is 13.6 Å². The largest absolute Gasteiger partial charge is 0.343 e. The second-order valence-electron chi connectivity index (χ2n) is 4.00. The van der Waals surface area contributed by atoms with Crippen molar-refractivity contribution >= 4 is 5.91 Å². The van der Waals surface area contributed by atoms with Crippen LogP contribution in [-0.2, 0) is 4.79 Å². The first-order valence-electron chi connectivity index (χ1n) is 5.11. The molecule has 1 amide bonds. The average Bonchev–Trinajstić information content (AvgIpc) is 2.25. The first kappa shape index (κ1) is 12.7. The molecule has 0 N–H and O–H groups in total. The predicted molar refractivity (Wildman–Crippen MR) is 53.9 cm³/mol. The van der Waals surface area contributed by atoms with Gasteiger partial charge in [0.1, 0.15) is 6.54 Å². The molecule has 0 aromatic heterocycles. The van der Waals surface area contributed by atoms with Crippen LogP contribution in [-0.4, -0.2) is 36.4 Å². The van der Waals surface area contributed by atoms with Gasteiger partial charge in [0.15, 0.2) is 0 Å². The van der Waals surface area contributed by atoms with E-state index in [0.29, 0.717) is 25.9 Å². The van der Waals surface area contributed by atoms with Crippen molar-refractivity contribution < 1.29 is 13.6 Å². The summed E-state index contributed by atoms with van der Waals surface area (Å²) in [6.45, 7) is 1.31. The second kappa shape index (κ2) is 5.12. The first-order valence-corrected chi connectivity index (χ1v) is 5.11. The van der Waals surface area contributed by atoms with Gasteiger partial charge in [-0.2, -0.15) is 0 Å². The zero-order chi connectivity index (χ0) is 12.2. The molecular weight excluding hydrogens is 218 g/mol. The molecule has 7 heteroatoms. The molecule has 0 aliphatic carbocycles. The van der Waals surface area contributed by atoms with E-state index in [1.165, 1.54) is 4.90 Å². The Hall–Kier alpha value is -1.36. The van der Waals surface area contributed by atoms with Crippen LogP contribution in [0.3, 0.4) is 0 Å². The van der Waals surface area contributed by atoms with Gasteiger partial charge in [-0.3, -0.25) is 4.79 Å². The number of azide groups is 1. The van der Waals surface area contributed by atoms with E-state index >= 15 is 0 Å². The monoisotopic (exact) mass is 232 g/mol. The van der Waals surface area contributed by atoms with Crippen LogP contribution < -0.4 is 0 Å². The van der Waals surface area contributed by atoms with E-state index in [0.717, 1.165) is 6.92 Å². The highest BCUT2D eigenvalue weighted by Crippen LogP contribution is 2.32. The Labute approximate surface area is 92.0 Å². The highest BCUT2D eigenvalue weighted by Gasteiger charge is 2.36. The van der Waals surface area contributed by atoms with E-state index in [2.05, 4.69) is 10.0 Å². The van der Waals surface area contributed by atoms with Crippen molar-refractivity contribution in [2.45, 2.75) is 25.7 Å². The third-order valence-corrected chi connectivity index (χ3v) is 2.83. The molecule has 0 aromatic rings. The summed E-state index contributed by atoms with van der Waals surface area (Å²) in [5, 5.41) is 3.16. The molecule has 5 nitrogen and oxygen atoms in total. The zero-order valence-corrected chi connectivity index (χ0v) is 9.07. The van der Waals surface area contributed by atoms with Crippen molar-refractivity contribution in [3.05, 3.63) is 10.4 Å². The molecule has 0 unspecified atom stereocenters. The number of amides is 1. The smallest absolute Gasteiger partial charge is 0.248 e. The Bertz CT molecular complexity index is 301. The van der Waals surface area contributed by atoms with Crippen LogP contribution in [0.25, 0.3) is 10.4 Å². The molecular formula is C9H14F2N4O. The van der Waals surface area contributed by atoms with Crippen molar-refractivity contribution in [3.8, 4) is 0 Å². The van der Waals surface area contributed by atoms with Crippen molar-refractivity contribution in [3.63, 3.8) is 0 Å². The SMILES string of the molecule is CC(F)(F)C1CCN(C(=O)CN=[N+]=[N-])CC1. The number of rotatable bonds is 3. The Morgan fingerprint density at radius 2 is 2.12 bits per heavy atom. The maximum Gasteiger partial charge on any atom is 0.248 e. The fourth-order valence-corrected chi connectivity index (χ4v) is 1.83. The van der Waals surface area contributed by atoms with E-state index in [-0.39, 0.29) is 12.5 Å². The van der Waals surface area contributed by atoms with Gasteiger partial charge in [0, 0.05) is 23.9 Å². The van der Waals surface area contributed by atoms with E-state index in [1.807, 2.05) is 0 Å². The number of carbonyl (C=O) groups excluding carboxylic acids is 1. The topological polar surface area (TPSA) is 69.1 Å². The standard InChI is InChI=1S/C9H14F2N4O/c1-9(10,11)7-2-4-15(5-3-7)8(16)6-13-14-12/h7H,2-6H2,1H3. The lowest BCUT2D eigenvalue weighted by atomic mass is 9.91. The van der Waals surface area contributed by atoms with Gasteiger partial charge in [0.25, 0.3) is 0 Å². The van der Waals surface area contributed by atoms with Gasteiger partial charge < -0.3 is 4.90 Å². The second-order valence-corrected chi connectivity index (χ2v) is 4.00. The van der Waals surface area contributed by atoms with Crippen molar-refractivity contribution in [1.29, 1.82) is 0 Å². The molecule has 0 spiro atoms. The van der Waals surface area contributed by atoms with Crippen LogP contribution in [0.2, 0.25) is 0 Å². The summed E-state index contributed by atoms with van der Waals surface area (Å²) >= 11 is 0. The van der Waals surface area contributed by atoms with Crippen LogP contribution in [0, 0.1) is 5.92 Å². The maximum absolute atomic E-state index is 13.0. The lowest BCUT2D eigenvalue weighted by Crippen LogP contribution is -2.43. The molecule has 1 aliphatic rings. The molecule has 90 valence electrons. The number of carbonyl (C=O) groups is 1. The van der Waals surface area contributed by atoms with Crippen LogP contribution in [0.4, 0.5) is 8.78 Å². The van der Waals surface area contributed by atoms with Crippen molar-refractivity contribution in [1.82, 2.24) is 4.90 Å². The van der Waals surface area contributed by atoms with Crippen LogP contribution in [0.15, 0.2) is 5.11 Å². The number of halogens is 2. The first-order chi connectivity index (χ1) is 7.45. The summed E-state index contributed by atoms with van der Waals surface area (Å²) in [5.41, 5.74) is 8.05. The summed E-state index contributed by atoms with van der Waals surface area (Å²) in [6, 6.07) is 0. The molecule has 1 aliphatic heterocycles. The molecule has 0 atom stereocenters. The minimum absolute atomic E-state index is 0.232. The third kappa shape index (κ3) is 3.34. The van der Waals surface area contributed by atoms with Gasteiger partial charge in [-0.1, -0.05) is 5.11 Å². The Morgan fingerprint density at radius 3 is 2.56 bits per heavy atom. The van der Waals surface area contributed by atoms with Gasteiger partial charge >= 0.3 is 0 Å². The lowest BCUT2D eigenvalue weighted by molar-refractivity contribution is -0.133. The normalized spacial score (nSPS) is 18.1. The molecule has 1 heterocycles. The summed E-state index contributed by atoms with van der Waals surface area (Å²) in [5.74, 6) is -3.63.